The standard InChI is InChI=1S/C26H21ClN2O4S/c1-2-15-32-19-13-9-18(10-14-19)26(31)33-20-11-7-17(8-12-20)16-28-29-25(30)24-23(27)21-5-3-4-6-22(21)34-24/h3-14,16H,2,15H2,1H3,(H,29,30)/b28-16-. The summed E-state index contributed by atoms with van der Waals surface area (Å²) in [6, 6.07) is 21.1. The summed E-state index contributed by atoms with van der Waals surface area (Å²) in [7, 11) is 0. The van der Waals surface area contributed by atoms with Crippen molar-refractivity contribution in [1.82, 2.24) is 5.43 Å². The average molecular weight is 493 g/mol. The molecule has 4 aromatic rings. The highest BCUT2D eigenvalue weighted by Gasteiger charge is 2.16. The monoisotopic (exact) mass is 492 g/mol. The summed E-state index contributed by atoms with van der Waals surface area (Å²) in [5, 5.41) is 5.26. The van der Waals surface area contributed by atoms with Crippen molar-refractivity contribution in [3.05, 3.63) is 93.8 Å². The highest BCUT2D eigenvalue weighted by molar-refractivity contribution is 7.21. The van der Waals surface area contributed by atoms with Crippen LogP contribution >= 0.6 is 22.9 Å². The largest absolute Gasteiger partial charge is 0.494 e. The van der Waals surface area contributed by atoms with Crippen LogP contribution in [0.5, 0.6) is 11.5 Å². The molecule has 0 aliphatic heterocycles. The van der Waals surface area contributed by atoms with E-state index in [1.807, 2.05) is 31.2 Å². The van der Waals surface area contributed by atoms with Gasteiger partial charge in [-0.15, -0.1) is 11.3 Å². The van der Waals surface area contributed by atoms with Crippen molar-refractivity contribution in [2.24, 2.45) is 5.10 Å². The van der Waals surface area contributed by atoms with Gasteiger partial charge in [-0.3, -0.25) is 4.79 Å². The summed E-state index contributed by atoms with van der Waals surface area (Å²) in [5.74, 6) is 0.272. The van der Waals surface area contributed by atoms with Gasteiger partial charge in [0.2, 0.25) is 0 Å². The van der Waals surface area contributed by atoms with Crippen LogP contribution in [0.2, 0.25) is 5.02 Å². The van der Waals surface area contributed by atoms with E-state index in [1.54, 1.807) is 48.5 Å². The number of halogens is 1. The minimum atomic E-state index is -0.462. The van der Waals surface area contributed by atoms with Gasteiger partial charge in [0.15, 0.2) is 0 Å². The van der Waals surface area contributed by atoms with Crippen molar-refractivity contribution in [3.8, 4) is 11.5 Å². The zero-order valence-electron chi connectivity index (χ0n) is 18.3. The fourth-order valence-corrected chi connectivity index (χ4v) is 4.48. The Bertz CT molecular complexity index is 1330. The molecular formula is C26H21ClN2O4S. The van der Waals surface area contributed by atoms with Crippen molar-refractivity contribution in [3.63, 3.8) is 0 Å². The van der Waals surface area contributed by atoms with E-state index in [2.05, 4.69) is 10.5 Å². The first-order valence-corrected chi connectivity index (χ1v) is 11.8. The number of nitrogens with one attached hydrogen (secondary N) is 1. The summed E-state index contributed by atoms with van der Waals surface area (Å²) in [6.45, 7) is 2.66. The van der Waals surface area contributed by atoms with Gasteiger partial charge in [0.25, 0.3) is 5.91 Å². The molecule has 0 unspecified atom stereocenters. The predicted molar refractivity (Wildman–Crippen MR) is 136 cm³/mol. The molecule has 1 amide bonds. The van der Waals surface area contributed by atoms with Gasteiger partial charge in [0.05, 0.1) is 23.4 Å². The van der Waals surface area contributed by atoms with Crippen LogP contribution in [-0.2, 0) is 0 Å². The number of nitrogens with zero attached hydrogens (tertiary/aromatic N) is 1. The fraction of sp³-hybridized carbons (Fsp3) is 0.115. The number of benzene rings is 3. The molecule has 1 N–H and O–H groups in total. The number of amides is 1. The predicted octanol–water partition coefficient (Wildman–Crippen LogP) is 6.33. The molecule has 6 nitrogen and oxygen atoms in total. The lowest BCUT2D eigenvalue weighted by atomic mass is 10.2. The SMILES string of the molecule is CCCOc1ccc(C(=O)Oc2ccc(/C=N\NC(=O)c3sc4ccccc4c3Cl)cc2)cc1. The van der Waals surface area contributed by atoms with E-state index in [-0.39, 0.29) is 5.91 Å². The van der Waals surface area contributed by atoms with Gasteiger partial charge in [-0.1, -0.05) is 36.7 Å². The zero-order chi connectivity index (χ0) is 23.9. The summed E-state index contributed by atoms with van der Waals surface area (Å²) < 4.78 is 11.9. The average Bonchev–Trinajstić information content (AvgIpc) is 3.20. The van der Waals surface area contributed by atoms with Gasteiger partial charge in [-0.25, -0.2) is 10.2 Å². The van der Waals surface area contributed by atoms with Crippen LogP contribution in [0.3, 0.4) is 0 Å². The molecular weight excluding hydrogens is 472 g/mol. The number of thiophene rings is 1. The van der Waals surface area contributed by atoms with Crippen molar-refractivity contribution in [2.75, 3.05) is 6.61 Å². The number of ether oxygens (including phenoxy) is 2. The Morgan fingerprint density at radius 2 is 1.71 bits per heavy atom. The second-order valence-electron chi connectivity index (χ2n) is 7.27. The lowest BCUT2D eigenvalue weighted by molar-refractivity contribution is 0.0734. The molecule has 3 aromatic carbocycles. The van der Waals surface area contributed by atoms with Gasteiger partial charge in [-0.2, -0.15) is 5.10 Å². The maximum Gasteiger partial charge on any atom is 0.343 e. The maximum atomic E-state index is 12.4. The Hall–Kier alpha value is -3.68. The van der Waals surface area contributed by atoms with Crippen molar-refractivity contribution < 1.29 is 19.1 Å². The van der Waals surface area contributed by atoms with Crippen LogP contribution in [0, 0.1) is 0 Å². The van der Waals surface area contributed by atoms with Crippen LogP contribution in [0.25, 0.3) is 10.1 Å². The molecule has 0 spiro atoms. The first-order valence-electron chi connectivity index (χ1n) is 10.6. The van der Waals surface area contributed by atoms with Crippen molar-refractivity contribution >= 4 is 51.1 Å². The Morgan fingerprint density at radius 1 is 1.00 bits per heavy atom. The molecule has 0 saturated heterocycles. The number of hydrazone groups is 1. The second kappa shape index (κ2) is 11.0. The molecule has 172 valence electrons. The van der Waals surface area contributed by atoms with Crippen LogP contribution in [-0.4, -0.2) is 24.7 Å². The number of hydrogen-bond acceptors (Lipinski definition) is 6. The minimum absolute atomic E-state index is 0.376. The maximum absolute atomic E-state index is 12.4. The van der Waals surface area contributed by atoms with E-state index >= 15 is 0 Å². The smallest absolute Gasteiger partial charge is 0.343 e. The molecule has 8 heteroatoms. The summed E-state index contributed by atoms with van der Waals surface area (Å²) in [5.41, 5.74) is 3.65. The van der Waals surface area contributed by atoms with E-state index in [0.29, 0.717) is 33.6 Å². The van der Waals surface area contributed by atoms with Gasteiger partial charge in [0, 0.05) is 10.1 Å². The molecule has 0 aliphatic carbocycles. The molecule has 4 rings (SSSR count). The van der Waals surface area contributed by atoms with E-state index in [4.69, 9.17) is 21.1 Å². The molecule has 34 heavy (non-hydrogen) atoms. The van der Waals surface area contributed by atoms with Crippen LogP contribution in [0.15, 0.2) is 77.9 Å². The van der Waals surface area contributed by atoms with Crippen LogP contribution in [0.4, 0.5) is 0 Å². The Morgan fingerprint density at radius 3 is 2.41 bits per heavy atom. The molecule has 0 radical (unpaired) electrons. The first kappa shape index (κ1) is 23.5. The molecule has 0 fully saturated rings. The zero-order valence-corrected chi connectivity index (χ0v) is 19.9. The van der Waals surface area contributed by atoms with Crippen molar-refractivity contribution in [1.29, 1.82) is 0 Å². The summed E-state index contributed by atoms with van der Waals surface area (Å²) in [4.78, 5) is 25.2. The van der Waals surface area contributed by atoms with E-state index in [9.17, 15) is 9.59 Å². The minimum Gasteiger partial charge on any atom is -0.494 e. The number of hydrogen-bond donors (Lipinski definition) is 1. The van der Waals surface area contributed by atoms with Gasteiger partial charge >= 0.3 is 5.97 Å². The number of esters is 1. The van der Waals surface area contributed by atoms with E-state index < -0.39 is 5.97 Å². The molecule has 1 heterocycles. The fourth-order valence-electron chi connectivity index (χ4n) is 3.07. The van der Waals surface area contributed by atoms with Crippen LogP contribution in [0.1, 0.15) is 38.9 Å². The highest BCUT2D eigenvalue weighted by atomic mass is 35.5. The Labute approximate surface area is 205 Å². The van der Waals surface area contributed by atoms with E-state index in [0.717, 1.165) is 22.1 Å². The van der Waals surface area contributed by atoms with Gasteiger partial charge in [-0.05, 0) is 66.6 Å². The summed E-state index contributed by atoms with van der Waals surface area (Å²) >= 11 is 7.64. The summed E-state index contributed by atoms with van der Waals surface area (Å²) in [6.07, 6.45) is 2.41. The first-order chi connectivity index (χ1) is 16.5. The highest BCUT2D eigenvalue weighted by Crippen LogP contribution is 2.34. The Balaban J connectivity index is 1.32. The number of fused-ring (bicyclic) bond motifs is 1. The third kappa shape index (κ3) is 5.62. The van der Waals surface area contributed by atoms with E-state index in [1.165, 1.54) is 17.6 Å². The third-order valence-electron chi connectivity index (χ3n) is 4.77. The number of carbonyl (C=O) groups is 2. The van der Waals surface area contributed by atoms with Gasteiger partial charge < -0.3 is 9.47 Å². The van der Waals surface area contributed by atoms with Crippen LogP contribution < -0.4 is 14.9 Å². The molecule has 1 aromatic heterocycles. The number of rotatable bonds is 8. The topological polar surface area (TPSA) is 77.0 Å². The van der Waals surface area contributed by atoms with Crippen molar-refractivity contribution in [2.45, 2.75) is 13.3 Å². The quantitative estimate of drug-likeness (QED) is 0.135. The third-order valence-corrected chi connectivity index (χ3v) is 6.45. The second-order valence-corrected chi connectivity index (χ2v) is 8.70. The lowest BCUT2D eigenvalue weighted by Crippen LogP contribution is -2.16. The molecule has 0 atom stereocenters. The molecule has 0 aliphatic rings. The Kier molecular flexibility index (Phi) is 7.57. The van der Waals surface area contributed by atoms with Gasteiger partial charge in [0.1, 0.15) is 16.4 Å². The lowest BCUT2D eigenvalue weighted by Gasteiger charge is -2.07. The molecule has 0 saturated carbocycles. The normalized spacial score (nSPS) is 11.0. The number of carbonyl (C=O) groups excluding carboxylic acids is 2. The molecule has 0 bridgehead atoms.